The fraction of sp³-hybridized carbons (Fsp3) is 0.229. The maximum atomic E-state index is 14.2. The number of fused-ring (bicyclic) bond motifs is 2. The Labute approximate surface area is 258 Å². The highest BCUT2D eigenvalue weighted by molar-refractivity contribution is 7.07. The molecule has 5 aromatic rings. The number of hydrogen-bond donors (Lipinski definition) is 0. The molecule has 2 aromatic heterocycles. The summed E-state index contributed by atoms with van der Waals surface area (Å²) in [5.41, 5.74) is 5.75. The standard InChI is InChI=1S/C35H32ClN3O3S/c1-5-42-34(41)31-22(4)37-35-39(32(31)24-16-14-23(15-17-24)21(2)3)33(40)30(43-35)18-26-20-38(29-13-9-7-11-27(26)29)19-25-10-6-8-12-28(25)36/h6-18,20-21,32H,5,19H2,1-4H3/t32-/m0/s1. The first kappa shape index (κ1) is 28.9. The largest absolute Gasteiger partial charge is 0.463 e. The van der Waals surface area contributed by atoms with Gasteiger partial charge in [-0.3, -0.25) is 9.36 Å². The van der Waals surface area contributed by atoms with Gasteiger partial charge in [-0.15, -0.1) is 0 Å². The lowest BCUT2D eigenvalue weighted by atomic mass is 9.93. The van der Waals surface area contributed by atoms with Crippen LogP contribution in [-0.4, -0.2) is 21.7 Å². The lowest BCUT2D eigenvalue weighted by Crippen LogP contribution is -2.39. The van der Waals surface area contributed by atoms with Gasteiger partial charge < -0.3 is 9.30 Å². The maximum absolute atomic E-state index is 14.2. The van der Waals surface area contributed by atoms with E-state index in [1.54, 1.807) is 18.4 Å². The molecule has 3 aromatic carbocycles. The van der Waals surface area contributed by atoms with Gasteiger partial charge in [0.15, 0.2) is 4.80 Å². The lowest BCUT2D eigenvalue weighted by Gasteiger charge is -2.25. The molecule has 6 rings (SSSR count). The Kier molecular flexibility index (Phi) is 7.95. The van der Waals surface area contributed by atoms with Crippen molar-refractivity contribution in [3.8, 4) is 0 Å². The molecule has 0 fully saturated rings. The monoisotopic (exact) mass is 609 g/mol. The minimum atomic E-state index is -0.639. The molecule has 6 nitrogen and oxygen atoms in total. The molecule has 8 heteroatoms. The summed E-state index contributed by atoms with van der Waals surface area (Å²) in [4.78, 5) is 32.7. The molecule has 0 N–H and O–H groups in total. The molecule has 0 unspecified atom stereocenters. The van der Waals surface area contributed by atoms with Gasteiger partial charge in [-0.2, -0.15) is 0 Å². The fourth-order valence-corrected chi connectivity index (χ4v) is 6.88. The molecule has 1 aliphatic rings. The second-order valence-electron chi connectivity index (χ2n) is 10.9. The number of ether oxygens (including phenoxy) is 1. The van der Waals surface area contributed by atoms with E-state index in [0.717, 1.165) is 27.6 Å². The van der Waals surface area contributed by atoms with Crippen LogP contribution in [0, 0.1) is 0 Å². The first-order valence-corrected chi connectivity index (χ1v) is 15.6. The van der Waals surface area contributed by atoms with Crippen LogP contribution in [0.3, 0.4) is 0 Å². The Hall–Kier alpha value is -4.20. The molecule has 43 heavy (non-hydrogen) atoms. The highest BCUT2D eigenvalue weighted by atomic mass is 35.5. The van der Waals surface area contributed by atoms with E-state index in [1.165, 1.54) is 16.9 Å². The number of thiazole rings is 1. The number of nitrogens with zero attached hydrogens (tertiary/aromatic N) is 3. The van der Waals surface area contributed by atoms with Crippen molar-refractivity contribution in [3.63, 3.8) is 0 Å². The molecule has 0 saturated carbocycles. The number of carbonyl (C=O) groups is 1. The summed E-state index contributed by atoms with van der Waals surface area (Å²) in [7, 11) is 0. The molecular weight excluding hydrogens is 578 g/mol. The van der Waals surface area contributed by atoms with Crippen molar-refractivity contribution < 1.29 is 9.53 Å². The maximum Gasteiger partial charge on any atom is 0.338 e. The van der Waals surface area contributed by atoms with Crippen LogP contribution in [0.1, 0.15) is 61.9 Å². The highest BCUT2D eigenvalue weighted by Gasteiger charge is 2.33. The summed E-state index contributed by atoms with van der Waals surface area (Å²) in [6.07, 6.45) is 3.99. The van der Waals surface area contributed by atoms with Crippen LogP contribution in [0.4, 0.5) is 0 Å². The third-order valence-electron chi connectivity index (χ3n) is 7.84. The number of para-hydroxylation sites is 1. The average Bonchev–Trinajstić information content (AvgIpc) is 3.50. The second-order valence-corrected chi connectivity index (χ2v) is 12.4. The highest BCUT2D eigenvalue weighted by Crippen LogP contribution is 2.32. The van der Waals surface area contributed by atoms with Crippen LogP contribution in [-0.2, 0) is 16.1 Å². The van der Waals surface area contributed by atoms with Gasteiger partial charge in [0.1, 0.15) is 0 Å². The molecule has 1 aliphatic heterocycles. The van der Waals surface area contributed by atoms with Gasteiger partial charge in [0, 0.05) is 34.2 Å². The summed E-state index contributed by atoms with van der Waals surface area (Å²) in [6.45, 7) is 8.69. The van der Waals surface area contributed by atoms with E-state index in [0.29, 0.717) is 38.1 Å². The Bertz CT molecular complexity index is 2070. The van der Waals surface area contributed by atoms with E-state index in [1.807, 2.05) is 54.6 Å². The number of benzene rings is 3. The van der Waals surface area contributed by atoms with E-state index in [4.69, 9.17) is 21.3 Å². The van der Waals surface area contributed by atoms with E-state index < -0.39 is 12.0 Å². The van der Waals surface area contributed by atoms with Crippen LogP contribution in [0.5, 0.6) is 0 Å². The minimum absolute atomic E-state index is 0.195. The Morgan fingerprint density at radius 3 is 2.51 bits per heavy atom. The SMILES string of the molecule is CCOC(=O)C1=C(C)N=c2sc(=Cc3cn(Cc4ccccc4Cl)c4ccccc34)c(=O)n2[C@H]1c1ccc(C(C)C)cc1. The van der Waals surface area contributed by atoms with E-state index in [9.17, 15) is 9.59 Å². The third-order valence-corrected chi connectivity index (χ3v) is 9.19. The summed E-state index contributed by atoms with van der Waals surface area (Å²) in [6, 6.07) is 23.4. The van der Waals surface area contributed by atoms with Gasteiger partial charge in [-0.05, 0) is 54.7 Å². The van der Waals surface area contributed by atoms with Crippen molar-refractivity contribution in [1.29, 1.82) is 0 Å². The smallest absolute Gasteiger partial charge is 0.338 e. The number of halogens is 1. The van der Waals surface area contributed by atoms with E-state index in [-0.39, 0.29) is 12.2 Å². The topological polar surface area (TPSA) is 65.6 Å². The van der Waals surface area contributed by atoms with Crippen molar-refractivity contribution in [2.24, 2.45) is 4.99 Å². The molecule has 218 valence electrons. The summed E-state index contributed by atoms with van der Waals surface area (Å²) in [5, 5.41) is 1.74. The van der Waals surface area contributed by atoms with Crippen molar-refractivity contribution in [3.05, 3.63) is 137 Å². The molecule has 3 heterocycles. The van der Waals surface area contributed by atoms with Gasteiger partial charge >= 0.3 is 5.97 Å². The molecule has 0 spiro atoms. The predicted octanol–water partition coefficient (Wildman–Crippen LogP) is 6.58. The van der Waals surface area contributed by atoms with Crippen molar-refractivity contribution in [2.75, 3.05) is 6.61 Å². The summed E-state index contributed by atoms with van der Waals surface area (Å²) in [5.74, 6) is -0.100. The number of allylic oxidation sites excluding steroid dienone is 1. The molecular formula is C35H32ClN3O3S. The fourth-order valence-electron chi connectivity index (χ4n) is 5.64. The first-order valence-electron chi connectivity index (χ1n) is 14.4. The van der Waals surface area contributed by atoms with Gasteiger partial charge in [-0.1, -0.05) is 97.4 Å². The van der Waals surface area contributed by atoms with Gasteiger partial charge in [0.05, 0.1) is 28.5 Å². The second kappa shape index (κ2) is 11.8. The summed E-state index contributed by atoms with van der Waals surface area (Å²) < 4.78 is 9.78. The molecule has 0 amide bonds. The zero-order valence-electron chi connectivity index (χ0n) is 24.5. The molecule has 0 bridgehead atoms. The van der Waals surface area contributed by atoms with Crippen LogP contribution < -0.4 is 14.9 Å². The molecule has 1 atom stereocenters. The van der Waals surface area contributed by atoms with E-state index >= 15 is 0 Å². The van der Waals surface area contributed by atoms with Crippen LogP contribution in [0.25, 0.3) is 17.0 Å². The quantitative estimate of drug-likeness (QED) is 0.196. The predicted molar refractivity (Wildman–Crippen MR) is 173 cm³/mol. The molecule has 0 aliphatic carbocycles. The molecule has 0 radical (unpaired) electrons. The van der Waals surface area contributed by atoms with Crippen molar-refractivity contribution in [2.45, 2.75) is 46.2 Å². The number of rotatable bonds is 7. The number of hydrogen-bond acceptors (Lipinski definition) is 5. The average molecular weight is 610 g/mol. The van der Waals surface area contributed by atoms with Gasteiger partial charge in [0.2, 0.25) is 0 Å². The third kappa shape index (κ3) is 5.39. The van der Waals surface area contributed by atoms with E-state index in [2.05, 4.69) is 48.9 Å². The number of aromatic nitrogens is 2. The summed E-state index contributed by atoms with van der Waals surface area (Å²) >= 11 is 7.81. The Morgan fingerprint density at radius 2 is 1.79 bits per heavy atom. The first-order chi connectivity index (χ1) is 20.8. The zero-order chi connectivity index (χ0) is 30.2. The number of carbonyl (C=O) groups excluding carboxylic acids is 1. The minimum Gasteiger partial charge on any atom is -0.463 e. The van der Waals surface area contributed by atoms with Crippen LogP contribution >= 0.6 is 22.9 Å². The normalized spacial score (nSPS) is 15.2. The van der Waals surface area contributed by atoms with Crippen LogP contribution in [0.2, 0.25) is 5.02 Å². The molecule has 0 saturated heterocycles. The van der Waals surface area contributed by atoms with Crippen LogP contribution in [0.15, 0.2) is 100 Å². The number of esters is 1. The van der Waals surface area contributed by atoms with Gasteiger partial charge in [0.25, 0.3) is 5.56 Å². The zero-order valence-corrected chi connectivity index (χ0v) is 26.1. The van der Waals surface area contributed by atoms with Crippen molar-refractivity contribution in [1.82, 2.24) is 9.13 Å². The van der Waals surface area contributed by atoms with Gasteiger partial charge in [-0.25, -0.2) is 9.79 Å². The lowest BCUT2D eigenvalue weighted by molar-refractivity contribution is -0.139. The Balaban J connectivity index is 1.51. The Morgan fingerprint density at radius 1 is 1.07 bits per heavy atom. The van der Waals surface area contributed by atoms with Crippen molar-refractivity contribution >= 4 is 45.9 Å².